The monoisotopic (exact) mass is 235 g/mol. The first kappa shape index (κ1) is 12.0. The fourth-order valence-electron chi connectivity index (χ4n) is 2.02. The highest BCUT2D eigenvalue weighted by atomic mass is 15.3. The van der Waals surface area contributed by atoms with Gasteiger partial charge in [-0.25, -0.2) is 4.98 Å². The van der Waals surface area contributed by atoms with Gasteiger partial charge in [0, 0.05) is 13.6 Å². The molecule has 0 atom stereocenters. The van der Waals surface area contributed by atoms with Crippen molar-refractivity contribution in [2.24, 2.45) is 12.5 Å². The van der Waals surface area contributed by atoms with Crippen LogP contribution in [0, 0.1) is 12.3 Å². The van der Waals surface area contributed by atoms with Crippen molar-refractivity contribution < 1.29 is 0 Å². The maximum absolute atomic E-state index is 5.98. The molecular formula is C12H21N5. The Morgan fingerprint density at radius 2 is 1.94 bits per heavy atom. The van der Waals surface area contributed by atoms with Gasteiger partial charge < -0.3 is 5.73 Å². The Balaban J connectivity index is 2.42. The first-order valence-corrected chi connectivity index (χ1v) is 5.95. The summed E-state index contributed by atoms with van der Waals surface area (Å²) in [6, 6.07) is 0. The van der Waals surface area contributed by atoms with E-state index in [9.17, 15) is 0 Å². The van der Waals surface area contributed by atoms with Crippen LogP contribution in [-0.4, -0.2) is 19.3 Å². The van der Waals surface area contributed by atoms with Gasteiger partial charge in [-0.15, -0.1) is 0 Å². The second-order valence-electron chi connectivity index (χ2n) is 5.81. The summed E-state index contributed by atoms with van der Waals surface area (Å²) in [6.45, 7) is 9.52. The molecule has 2 aromatic rings. The molecular weight excluding hydrogens is 214 g/mol. The van der Waals surface area contributed by atoms with Gasteiger partial charge >= 0.3 is 0 Å². The molecule has 0 aliphatic carbocycles. The Labute approximate surface area is 102 Å². The van der Waals surface area contributed by atoms with Crippen molar-refractivity contribution in [1.29, 1.82) is 0 Å². The summed E-state index contributed by atoms with van der Waals surface area (Å²) < 4.78 is 3.91. The van der Waals surface area contributed by atoms with Gasteiger partial charge in [0.25, 0.3) is 0 Å². The van der Waals surface area contributed by atoms with Gasteiger partial charge in [-0.05, 0) is 18.8 Å². The standard InChI is InChI=1S/C12H21N5/c1-8-9-10(16(5)15-8)17(11(13)14-9)7-6-12(2,3)4/h6-7H2,1-5H3,(H2,13,14). The molecule has 0 fully saturated rings. The number of rotatable bonds is 2. The molecule has 94 valence electrons. The molecule has 0 unspecified atom stereocenters. The minimum Gasteiger partial charge on any atom is -0.369 e. The maximum Gasteiger partial charge on any atom is 0.202 e. The summed E-state index contributed by atoms with van der Waals surface area (Å²) in [4.78, 5) is 4.39. The van der Waals surface area contributed by atoms with Crippen molar-refractivity contribution in [3.8, 4) is 0 Å². The number of aromatic nitrogens is 4. The molecule has 5 heteroatoms. The number of nitrogens with zero attached hydrogens (tertiary/aromatic N) is 4. The number of nitrogens with two attached hydrogens (primary N) is 1. The Morgan fingerprint density at radius 1 is 1.29 bits per heavy atom. The lowest BCUT2D eigenvalue weighted by Gasteiger charge is -2.18. The Kier molecular flexibility index (Phi) is 2.64. The number of anilines is 1. The average molecular weight is 235 g/mol. The molecule has 0 amide bonds. The summed E-state index contributed by atoms with van der Waals surface area (Å²) >= 11 is 0. The maximum atomic E-state index is 5.98. The van der Waals surface area contributed by atoms with Crippen molar-refractivity contribution in [3.63, 3.8) is 0 Å². The first-order chi connectivity index (χ1) is 7.79. The van der Waals surface area contributed by atoms with E-state index in [1.807, 2.05) is 18.7 Å². The smallest absolute Gasteiger partial charge is 0.202 e. The van der Waals surface area contributed by atoms with E-state index in [2.05, 4.69) is 35.4 Å². The lowest BCUT2D eigenvalue weighted by Crippen LogP contribution is -2.13. The largest absolute Gasteiger partial charge is 0.369 e. The van der Waals surface area contributed by atoms with Crippen LogP contribution in [-0.2, 0) is 13.6 Å². The molecule has 0 spiro atoms. The lowest BCUT2D eigenvalue weighted by atomic mass is 9.92. The van der Waals surface area contributed by atoms with Crippen molar-refractivity contribution in [2.75, 3.05) is 5.73 Å². The second-order valence-corrected chi connectivity index (χ2v) is 5.81. The molecule has 2 heterocycles. The van der Waals surface area contributed by atoms with E-state index in [0.717, 1.165) is 29.8 Å². The number of hydrogen-bond donors (Lipinski definition) is 1. The van der Waals surface area contributed by atoms with Crippen LogP contribution in [0.2, 0.25) is 0 Å². The predicted molar refractivity (Wildman–Crippen MR) is 69.7 cm³/mol. The van der Waals surface area contributed by atoms with E-state index in [4.69, 9.17) is 5.73 Å². The number of fused-ring (bicyclic) bond motifs is 1. The molecule has 5 nitrogen and oxygen atoms in total. The van der Waals surface area contributed by atoms with Crippen molar-refractivity contribution in [2.45, 2.75) is 40.7 Å². The number of nitrogen functional groups attached to an aromatic ring is 1. The highest BCUT2D eigenvalue weighted by Crippen LogP contribution is 2.24. The van der Waals surface area contributed by atoms with Gasteiger partial charge in [0.2, 0.25) is 5.95 Å². The quantitative estimate of drug-likeness (QED) is 0.867. The highest BCUT2D eigenvalue weighted by Gasteiger charge is 2.17. The van der Waals surface area contributed by atoms with Gasteiger partial charge in [-0.2, -0.15) is 5.10 Å². The van der Waals surface area contributed by atoms with E-state index in [-0.39, 0.29) is 5.41 Å². The third-order valence-corrected chi connectivity index (χ3v) is 3.01. The molecule has 0 aliphatic heterocycles. The summed E-state index contributed by atoms with van der Waals surface area (Å²) in [5, 5.41) is 4.37. The van der Waals surface area contributed by atoms with Crippen LogP contribution in [0.1, 0.15) is 32.9 Å². The van der Waals surface area contributed by atoms with Crippen LogP contribution < -0.4 is 5.73 Å². The number of imidazole rings is 1. The van der Waals surface area contributed by atoms with E-state index in [0.29, 0.717) is 5.95 Å². The lowest BCUT2D eigenvalue weighted by molar-refractivity contribution is 0.353. The van der Waals surface area contributed by atoms with Crippen LogP contribution in [0.3, 0.4) is 0 Å². The Hall–Kier alpha value is -1.52. The van der Waals surface area contributed by atoms with Gasteiger partial charge in [0.05, 0.1) is 5.69 Å². The third kappa shape index (κ3) is 2.14. The normalized spacial score (nSPS) is 12.5. The van der Waals surface area contributed by atoms with Crippen LogP contribution in [0.5, 0.6) is 0 Å². The van der Waals surface area contributed by atoms with E-state index < -0.39 is 0 Å². The first-order valence-electron chi connectivity index (χ1n) is 5.95. The fraction of sp³-hybridized carbons (Fsp3) is 0.667. The summed E-state index contributed by atoms with van der Waals surface area (Å²) in [5.74, 6) is 0.584. The highest BCUT2D eigenvalue weighted by molar-refractivity contribution is 5.77. The summed E-state index contributed by atoms with van der Waals surface area (Å²) in [7, 11) is 1.93. The average Bonchev–Trinajstić information content (AvgIpc) is 2.62. The molecule has 0 radical (unpaired) electrons. The minimum atomic E-state index is 0.288. The molecule has 17 heavy (non-hydrogen) atoms. The van der Waals surface area contributed by atoms with Crippen LogP contribution in [0.25, 0.3) is 11.2 Å². The van der Waals surface area contributed by atoms with Crippen LogP contribution >= 0.6 is 0 Å². The molecule has 0 bridgehead atoms. The van der Waals surface area contributed by atoms with Crippen molar-refractivity contribution >= 4 is 17.1 Å². The van der Waals surface area contributed by atoms with Gasteiger partial charge in [-0.3, -0.25) is 9.25 Å². The topological polar surface area (TPSA) is 61.7 Å². The van der Waals surface area contributed by atoms with E-state index in [1.54, 1.807) is 0 Å². The zero-order valence-corrected chi connectivity index (χ0v) is 11.3. The minimum absolute atomic E-state index is 0.288. The van der Waals surface area contributed by atoms with E-state index >= 15 is 0 Å². The zero-order chi connectivity index (χ0) is 12.8. The zero-order valence-electron chi connectivity index (χ0n) is 11.3. The van der Waals surface area contributed by atoms with Crippen LogP contribution in [0.4, 0.5) is 5.95 Å². The molecule has 2 aromatic heterocycles. The van der Waals surface area contributed by atoms with Gasteiger partial charge in [0.1, 0.15) is 5.52 Å². The summed E-state index contributed by atoms with van der Waals surface area (Å²) in [6.07, 6.45) is 1.06. The van der Waals surface area contributed by atoms with Crippen molar-refractivity contribution in [1.82, 2.24) is 19.3 Å². The molecule has 0 saturated heterocycles. The van der Waals surface area contributed by atoms with E-state index in [1.165, 1.54) is 0 Å². The summed E-state index contributed by atoms with van der Waals surface area (Å²) in [5.41, 5.74) is 9.13. The SMILES string of the molecule is Cc1nn(C)c2c1nc(N)n2CCC(C)(C)C. The second kappa shape index (κ2) is 3.75. The van der Waals surface area contributed by atoms with Gasteiger partial charge in [0.15, 0.2) is 5.65 Å². The van der Waals surface area contributed by atoms with Crippen LogP contribution in [0.15, 0.2) is 0 Å². The predicted octanol–water partition coefficient (Wildman–Crippen LogP) is 2.10. The Bertz CT molecular complexity index is 541. The number of hydrogen-bond acceptors (Lipinski definition) is 3. The molecule has 0 saturated carbocycles. The third-order valence-electron chi connectivity index (χ3n) is 3.01. The molecule has 2 rings (SSSR count). The van der Waals surface area contributed by atoms with Crippen molar-refractivity contribution in [3.05, 3.63) is 5.69 Å². The molecule has 0 aromatic carbocycles. The Morgan fingerprint density at radius 3 is 2.53 bits per heavy atom. The molecule has 0 aliphatic rings. The van der Waals surface area contributed by atoms with Gasteiger partial charge in [-0.1, -0.05) is 20.8 Å². The fourth-order valence-corrected chi connectivity index (χ4v) is 2.02. The molecule has 2 N–H and O–H groups in total. The number of aryl methyl sites for hydroxylation is 3.